The maximum Gasteiger partial charge on any atom is 0.189 e. The van der Waals surface area contributed by atoms with Gasteiger partial charge in [-0.3, -0.25) is 9.48 Å². The molecular weight excluding hydrogens is 256 g/mol. The van der Waals surface area contributed by atoms with Crippen LogP contribution in [0.1, 0.15) is 21.6 Å². The summed E-state index contributed by atoms with van der Waals surface area (Å²) in [6.07, 6.45) is 7.22. The molecule has 98 valence electrons. The highest BCUT2D eigenvalue weighted by Crippen LogP contribution is 2.16. The molecule has 0 atom stereocenters. The zero-order chi connectivity index (χ0) is 13.8. The van der Waals surface area contributed by atoms with Crippen LogP contribution in [0.3, 0.4) is 0 Å². The molecule has 0 saturated carbocycles. The van der Waals surface area contributed by atoms with Crippen molar-refractivity contribution in [2.24, 2.45) is 7.05 Å². The van der Waals surface area contributed by atoms with Gasteiger partial charge >= 0.3 is 0 Å². The van der Waals surface area contributed by atoms with Gasteiger partial charge in [-0.15, -0.1) is 11.8 Å². The van der Waals surface area contributed by atoms with E-state index in [0.717, 1.165) is 11.3 Å². The summed E-state index contributed by atoms with van der Waals surface area (Å²) in [5.74, 6) is -0.0143. The number of aryl methyl sites for hydroxylation is 2. The fourth-order valence-corrected chi connectivity index (χ4v) is 2.23. The first-order valence-electron chi connectivity index (χ1n) is 5.97. The molecule has 2 aromatic rings. The second kappa shape index (κ2) is 5.89. The van der Waals surface area contributed by atoms with Crippen LogP contribution in [0.4, 0.5) is 0 Å². The highest BCUT2D eigenvalue weighted by Gasteiger charge is 2.09. The van der Waals surface area contributed by atoms with Crippen molar-refractivity contribution in [3.05, 3.63) is 53.4 Å². The molecule has 0 aliphatic carbocycles. The van der Waals surface area contributed by atoms with Crippen molar-refractivity contribution in [1.29, 1.82) is 0 Å². The second-order valence-electron chi connectivity index (χ2n) is 4.27. The average molecular weight is 272 g/mol. The molecule has 0 bridgehead atoms. The number of benzene rings is 1. The molecule has 0 spiro atoms. The molecule has 0 unspecified atom stereocenters. The van der Waals surface area contributed by atoms with Crippen molar-refractivity contribution in [3.8, 4) is 0 Å². The van der Waals surface area contributed by atoms with Crippen molar-refractivity contribution in [3.63, 3.8) is 0 Å². The molecule has 2 rings (SSSR count). The quantitative estimate of drug-likeness (QED) is 0.486. The number of ketones is 1. The lowest BCUT2D eigenvalue weighted by molar-refractivity contribution is 0.104. The molecule has 0 saturated heterocycles. The summed E-state index contributed by atoms with van der Waals surface area (Å²) >= 11 is 1.70. The molecule has 0 amide bonds. The molecule has 0 aliphatic rings. The normalized spacial score (nSPS) is 11.1. The van der Waals surface area contributed by atoms with Crippen LogP contribution in [-0.2, 0) is 7.05 Å². The second-order valence-corrected chi connectivity index (χ2v) is 5.15. The van der Waals surface area contributed by atoms with Gasteiger partial charge in [0.1, 0.15) is 0 Å². The van der Waals surface area contributed by atoms with Crippen LogP contribution in [0.15, 0.2) is 41.4 Å². The zero-order valence-electron chi connectivity index (χ0n) is 11.3. The SMILES string of the molecule is CSc1ccc(/C=C/C(=O)c2cn(C)nc2C)cc1. The number of rotatable bonds is 4. The van der Waals surface area contributed by atoms with Gasteiger partial charge in [0, 0.05) is 18.1 Å². The van der Waals surface area contributed by atoms with Crippen LogP contribution in [0, 0.1) is 6.92 Å². The van der Waals surface area contributed by atoms with Gasteiger partial charge in [0.05, 0.1) is 11.3 Å². The van der Waals surface area contributed by atoms with Gasteiger partial charge in [0.25, 0.3) is 0 Å². The van der Waals surface area contributed by atoms with Crippen LogP contribution in [0.25, 0.3) is 6.08 Å². The lowest BCUT2D eigenvalue weighted by Crippen LogP contribution is -1.94. The van der Waals surface area contributed by atoms with E-state index in [1.165, 1.54) is 4.90 Å². The van der Waals surface area contributed by atoms with Crippen LogP contribution < -0.4 is 0 Å². The zero-order valence-corrected chi connectivity index (χ0v) is 12.1. The van der Waals surface area contributed by atoms with Gasteiger partial charge in [-0.2, -0.15) is 5.10 Å². The lowest BCUT2D eigenvalue weighted by atomic mass is 10.1. The third-order valence-corrected chi connectivity index (χ3v) is 3.57. The molecule has 0 radical (unpaired) electrons. The minimum Gasteiger partial charge on any atom is -0.289 e. The number of allylic oxidation sites excluding steroid dienone is 1. The molecule has 0 aliphatic heterocycles. The van der Waals surface area contributed by atoms with Gasteiger partial charge in [-0.05, 0) is 37.0 Å². The number of aromatic nitrogens is 2. The molecular formula is C15H16N2OS. The summed E-state index contributed by atoms with van der Waals surface area (Å²) in [5, 5.41) is 4.17. The Morgan fingerprint density at radius 1 is 1.32 bits per heavy atom. The highest BCUT2D eigenvalue weighted by molar-refractivity contribution is 7.98. The lowest BCUT2D eigenvalue weighted by Gasteiger charge is -1.97. The van der Waals surface area contributed by atoms with Gasteiger partial charge in [0.2, 0.25) is 0 Å². The largest absolute Gasteiger partial charge is 0.289 e. The number of carbonyl (C=O) groups excluding carboxylic acids is 1. The standard InChI is InChI=1S/C15H16N2OS/c1-11-14(10-17(2)16-11)15(18)9-6-12-4-7-13(19-3)8-5-12/h4-10H,1-3H3/b9-6+. The summed E-state index contributed by atoms with van der Waals surface area (Å²) < 4.78 is 1.66. The Balaban J connectivity index is 2.13. The van der Waals surface area contributed by atoms with E-state index >= 15 is 0 Å². The van der Waals surface area contributed by atoms with Gasteiger partial charge in [-0.1, -0.05) is 18.2 Å². The van der Waals surface area contributed by atoms with Gasteiger partial charge in [0.15, 0.2) is 5.78 Å². The average Bonchev–Trinajstić information content (AvgIpc) is 2.75. The Morgan fingerprint density at radius 2 is 2.00 bits per heavy atom. The van der Waals surface area contributed by atoms with Crippen LogP contribution in [-0.4, -0.2) is 21.8 Å². The summed E-state index contributed by atoms with van der Waals surface area (Å²) in [6, 6.07) is 8.10. The highest BCUT2D eigenvalue weighted by atomic mass is 32.2. The van der Waals surface area contributed by atoms with E-state index in [2.05, 4.69) is 5.10 Å². The third-order valence-electron chi connectivity index (χ3n) is 2.82. The number of carbonyl (C=O) groups is 1. The van der Waals surface area contributed by atoms with E-state index < -0.39 is 0 Å². The van der Waals surface area contributed by atoms with Crippen molar-refractivity contribution in [1.82, 2.24) is 9.78 Å². The van der Waals surface area contributed by atoms with E-state index in [9.17, 15) is 4.79 Å². The predicted molar refractivity (Wildman–Crippen MR) is 79.5 cm³/mol. The van der Waals surface area contributed by atoms with Gasteiger partial charge < -0.3 is 0 Å². The third kappa shape index (κ3) is 3.35. The number of nitrogens with zero attached hydrogens (tertiary/aromatic N) is 2. The number of thioether (sulfide) groups is 1. The Kier molecular flexibility index (Phi) is 4.22. The number of hydrogen-bond acceptors (Lipinski definition) is 3. The Morgan fingerprint density at radius 3 is 2.53 bits per heavy atom. The van der Waals surface area contributed by atoms with E-state index in [1.807, 2.05) is 50.6 Å². The van der Waals surface area contributed by atoms with Crippen LogP contribution in [0.2, 0.25) is 0 Å². The predicted octanol–water partition coefficient (Wildman–Crippen LogP) is 3.35. The molecule has 19 heavy (non-hydrogen) atoms. The summed E-state index contributed by atoms with van der Waals surface area (Å²) in [7, 11) is 1.81. The smallest absolute Gasteiger partial charge is 0.189 e. The maximum atomic E-state index is 12.0. The Labute approximate surface area is 117 Å². The maximum absolute atomic E-state index is 12.0. The van der Waals surface area contributed by atoms with Crippen molar-refractivity contribution < 1.29 is 4.79 Å². The Bertz CT molecular complexity index is 612. The summed E-state index contributed by atoms with van der Waals surface area (Å²) in [6.45, 7) is 1.84. The van der Waals surface area contributed by atoms with E-state index in [4.69, 9.17) is 0 Å². The minimum atomic E-state index is -0.0143. The fourth-order valence-electron chi connectivity index (χ4n) is 1.82. The summed E-state index contributed by atoms with van der Waals surface area (Å²) in [5.41, 5.74) is 2.43. The topological polar surface area (TPSA) is 34.9 Å². The fraction of sp³-hybridized carbons (Fsp3) is 0.200. The van der Waals surface area contributed by atoms with E-state index in [-0.39, 0.29) is 5.78 Å². The first kappa shape index (κ1) is 13.6. The molecule has 3 nitrogen and oxygen atoms in total. The van der Waals surface area contributed by atoms with E-state index in [1.54, 1.807) is 28.7 Å². The van der Waals surface area contributed by atoms with Gasteiger partial charge in [-0.25, -0.2) is 0 Å². The van der Waals surface area contributed by atoms with Crippen molar-refractivity contribution >= 4 is 23.6 Å². The first-order valence-corrected chi connectivity index (χ1v) is 7.19. The van der Waals surface area contributed by atoms with Crippen molar-refractivity contribution in [2.75, 3.05) is 6.26 Å². The molecule has 0 fully saturated rings. The summed E-state index contributed by atoms with van der Waals surface area (Å²) in [4.78, 5) is 13.2. The van der Waals surface area contributed by atoms with Crippen LogP contribution >= 0.6 is 11.8 Å². The molecule has 1 heterocycles. The molecule has 1 aromatic carbocycles. The minimum absolute atomic E-state index is 0.0143. The van der Waals surface area contributed by atoms with Crippen molar-refractivity contribution in [2.45, 2.75) is 11.8 Å². The Hall–Kier alpha value is -1.81. The molecule has 0 N–H and O–H groups in total. The molecule has 1 aromatic heterocycles. The first-order chi connectivity index (χ1) is 9.10. The van der Waals surface area contributed by atoms with Crippen LogP contribution in [0.5, 0.6) is 0 Å². The molecule has 4 heteroatoms. The monoisotopic (exact) mass is 272 g/mol. The van der Waals surface area contributed by atoms with E-state index in [0.29, 0.717) is 5.56 Å². The number of hydrogen-bond donors (Lipinski definition) is 0.